The molecule has 3 N–H and O–H groups in total. The summed E-state index contributed by atoms with van der Waals surface area (Å²) in [6, 6.07) is -1.82. The first-order valence-electron chi connectivity index (χ1n) is 6.14. The summed E-state index contributed by atoms with van der Waals surface area (Å²) >= 11 is 0. The first-order chi connectivity index (χ1) is 8.70. The van der Waals surface area contributed by atoms with Crippen LogP contribution in [0.2, 0.25) is 0 Å². The molecular weight excluding hydrogens is 252 g/mol. The van der Waals surface area contributed by atoms with Gasteiger partial charge in [-0.2, -0.15) is 0 Å². The predicted octanol–water partition coefficient (Wildman–Crippen LogP) is 0.280. The van der Waals surface area contributed by atoms with Gasteiger partial charge in [-0.25, -0.2) is 4.79 Å². The van der Waals surface area contributed by atoms with Crippen LogP contribution in [0.3, 0.4) is 0 Å². The molecule has 0 radical (unpaired) electrons. The fourth-order valence-corrected chi connectivity index (χ4v) is 2.33. The molecule has 1 rings (SSSR count). The number of hydrogen-bond acceptors (Lipinski definition) is 5. The Balaban J connectivity index is 3.09. The lowest BCUT2D eigenvalue weighted by Crippen LogP contribution is -2.65. The Morgan fingerprint density at radius 1 is 1.47 bits per heavy atom. The molecule has 0 aliphatic carbocycles. The second kappa shape index (κ2) is 5.75. The number of rotatable bonds is 2. The van der Waals surface area contributed by atoms with Crippen LogP contribution < -0.4 is 5.73 Å². The van der Waals surface area contributed by atoms with Gasteiger partial charge < -0.3 is 20.3 Å². The van der Waals surface area contributed by atoms with Gasteiger partial charge in [-0.3, -0.25) is 9.69 Å². The highest BCUT2D eigenvalue weighted by Crippen LogP contribution is 2.31. The van der Waals surface area contributed by atoms with Crippen molar-refractivity contribution in [1.82, 2.24) is 4.90 Å². The maximum atomic E-state index is 11.6. The highest BCUT2D eigenvalue weighted by molar-refractivity contribution is 5.78. The Morgan fingerprint density at radius 3 is 2.47 bits per heavy atom. The second-order valence-corrected chi connectivity index (χ2v) is 5.67. The van der Waals surface area contributed by atoms with Crippen LogP contribution in [0.4, 0.5) is 4.79 Å². The third-order valence-corrected chi connectivity index (χ3v) is 3.24. The Hall–Kier alpha value is -1.34. The van der Waals surface area contributed by atoms with Crippen molar-refractivity contribution in [3.05, 3.63) is 0 Å². The van der Waals surface area contributed by atoms with Gasteiger partial charge in [0.25, 0.3) is 0 Å². The molecule has 1 saturated heterocycles. The van der Waals surface area contributed by atoms with Crippen LogP contribution in [-0.2, 0) is 14.3 Å². The van der Waals surface area contributed by atoms with E-state index in [-0.39, 0.29) is 12.0 Å². The highest BCUT2D eigenvalue weighted by atomic mass is 16.5. The first-order valence-corrected chi connectivity index (χ1v) is 6.14. The Morgan fingerprint density at radius 2 is 2.05 bits per heavy atom. The molecule has 1 amide bonds. The lowest BCUT2D eigenvalue weighted by atomic mass is 9.80. The average molecular weight is 274 g/mol. The van der Waals surface area contributed by atoms with E-state index >= 15 is 0 Å². The van der Waals surface area contributed by atoms with Crippen LogP contribution in [-0.4, -0.2) is 60.5 Å². The van der Waals surface area contributed by atoms with Crippen molar-refractivity contribution in [2.24, 2.45) is 11.1 Å². The van der Waals surface area contributed by atoms with Crippen LogP contribution in [0, 0.1) is 5.41 Å². The number of morpholine rings is 1. The van der Waals surface area contributed by atoms with Gasteiger partial charge in [0.05, 0.1) is 25.9 Å². The number of carbonyl (C=O) groups excluding carboxylic acids is 1. The minimum absolute atomic E-state index is 0.192. The molecule has 0 spiro atoms. The number of hydrogen-bond donors (Lipinski definition) is 2. The standard InChI is InChI=1S/C12H22N2O5/c1-12(2,3)9-8(7(13)10(15)18-4)14(11(16)17)5-6-19-9/h7-9H,5-6,13H2,1-4H3,(H,16,17)/t7-,8?,9-/m1/s1. The number of amides is 1. The summed E-state index contributed by atoms with van der Waals surface area (Å²) < 4.78 is 10.3. The molecule has 1 aliphatic rings. The molecular formula is C12H22N2O5. The van der Waals surface area contributed by atoms with Crippen LogP contribution in [0.5, 0.6) is 0 Å². The third-order valence-electron chi connectivity index (χ3n) is 3.24. The zero-order valence-corrected chi connectivity index (χ0v) is 11.8. The summed E-state index contributed by atoms with van der Waals surface area (Å²) in [7, 11) is 1.23. The lowest BCUT2D eigenvalue weighted by molar-refractivity contribution is -0.153. The van der Waals surface area contributed by atoms with Gasteiger partial charge in [-0.1, -0.05) is 20.8 Å². The third kappa shape index (κ3) is 3.36. The van der Waals surface area contributed by atoms with E-state index < -0.39 is 30.3 Å². The number of methoxy groups -OCH3 is 1. The van der Waals surface area contributed by atoms with Crippen molar-refractivity contribution < 1.29 is 24.2 Å². The molecule has 0 aromatic rings. The van der Waals surface area contributed by atoms with Gasteiger partial charge >= 0.3 is 12.1 Å². The van der Waals surface area contributed by atoms with Crippen molar-refractivity contribution >= 4 is 12.1 Å². The largest absolute Gasteiger partial charge is 0.468 e. The minimum atomic E-state index is -1.11. The van der Waals surface area contributed by atoms with E-state index in [0.29, 0.717) is 6.61 Å². The highest BCUT2D eigenvalue weighted by Gasteiger charge is 2.47. The van der Waals surface area contributed by atoms with E-state index in [0.717, 1.165) is 0 Å². The SMILES string of the molecule is COC(=O)[C@H](N)C1[C@H](C(C)(C)C)OCCN1C(=O)O. The summed E-state index contributed by atoms with van der Waals surface area (Å²) in [6.07, 6.45) is -1.58. The summed E-state index contributed by atoms with van der Waals surface area (Å²) in [5.41, 5.74) is 5.52. The zero-order valence-electron chi connectivity index (χ0n) is 11.8. The fraction of sp³-hybridized carbons (Fsp3) is 0.833. The molecule has 1 aliphatic heterocycles. The average Bonchev–Trinajstić information content (AvgIpc) is 2.34. The normalized spacial score (nSPS) is 25.8. The van der Waals surface area contributed by atoms with Crippen molar-refractivity contribution in [2.45, 2.75) is 39.0 Å². The first kappa shape index (κ1) is 15.7. The van der Waals surface area contributed by atoms with Crippen molar-refractivity contribution in [1.29, 1.82) is 0 Å². The Bertz CT molecular complexity index is 353. The van der Waals surface area contributed by atoms with Crippen LogP contribution in [0.15, 0.2) is 0 Å². The Labute approximate surface area is 112 Å². The number of ether oxygens (including phenoxy) is 2. The smallest absolute Gasteiger partial charge is 0.407 e. The predicted molar refractivity (Wildman–Crippen MR) is 67.7 cm³/mol. The van der Waals surface area contributed by atoms with E-state index in [1.54, 1.807) is 0 Å². The fourth-order valence-electron chi connectivity index (χ4n) is 2.33. The molecule has 7 heteroatoms. The molecule has 0 saturated carbocycles. The zero-order chi connectivity index (χ0) is 14.8. The molecule has 19 heavy (non-hydrogen) atoms. The lowest BCUT2D eigenvalue weighted by Gasteiger charge is -2.46. The number of nitrogens with two attached hydrogens (primary N) is 1. The summed E-state index contributed by atoms with van der Waals surface area (Å²) in [4.78, 5) is 24.1. The summed E-state index contributed by atoms with van der Waals surface area (Å²) in [5.74, 6) is -0.643. The number of carbonyl (C=O) groups is 2. The van der Waals surface area contributed by atoms with Crippen LogP contribution in [0.1, 0.15) is 20.8 Å². The van der Waals surface area contributed by atoms with E-state index in [1.165, 1.54) is 12.0 Å². The molecule has 7 nitrogen and oxygen atoms in total. The molecule has 110 valence electrons. The van der Waals surface area contributed by atoms with Crippen molar-refractivity contribution in [3.63, 3.8) is 0 Å². The van der Waals surface area contributed by atoms with Crippen LogP contribution in [0.25, 0.3) is 0 Å². The minimum Gasteiger partial charge on any atom is -0.468 e. The van der Waals surface area contributed by atoms with Crippen molar-refractivity contribution in [3.8, 4) is 0 Å². The van der Waals surface area contributed by atoms with E-state index in [1.807, 2.05) is 20.8 Å². The van der Waals surface area contributed by atoms with Gasteiger partial charge in [0.15, 0.2) is 0 Å². The number of nitrogens with zero attached hydrogens (tertiary/aromatic N) is 1. The topological polar surface area (TPSA) is 102 Å². The molecule has 1 heterocycles. The van der Waals surface area contributed by atoms with Crippen molar-refractivity contribution in [2.75, 3.05) is 20.3 Å². The molecule has 1 fully saturated rings. The molecule has 0 bridgehead atoms. The number of carboxylic acid groups (broad SMARTS) is 1. The molecule has 0 aromatic carbocycles. The van der Waals surface area contributed by atoms with Gasteiger partial charge in [-0.05, 0) is 5.41 Å². The molecule has 0 aromatic heterocycles. The van der Waals surface area contributed by atoms with E-state index in [4.69, 9.17) is 10.5 Å². The second-order valence-electron chi connectivity index (χ2n) is 5.67. The van der Waals surface area contributed by atoms with Gasteiger partial charge in [0, 0.05) is 6.54 Å². The quantitative estimate of drug-likeness (QED) is 0.701. The monoisotopic (exact) mass is 274 g/mol. The van der Waals surface area contributed by atoms with E-state index in [9.17, 15) is 14.7 Å². The summed E-state index contributed by atoms with van der Waals surface area (Å²) in [6.45, 7) is 6.23. The maximum absolute atomic E-state index is 11.6. The van der Waals surface area contributed by atoms with Gasteiger partial charge in [0.1, 0.15) is 6.04 Å². The van der Waals surface area contributed by atoms with Crippen LogP contribution >= 0.6 is 0 Å². The van der Waals surface area contributed by atoms with Gasteiger partial charge in [-0.15, -0.1) is 0 Å². The summed E-state index contributed by atoms with van der Waals surface area (Å²) in [5, 5.41) is 9.26. The number of esters is 1. The Kier molecular flexibility index (Phi) is 4.75. The van der Waals surface area contributed by atoms with E-state index in [2.05, 4.69) is 4.74 Å². The molecule has 3 atom stereocenters. The maximum Gasteiger partial charge on any atom is 0.407 e. The molecule has 1 unspecified atom stereocenters. The van der Waals surface area contributed by atoms with Gasteiger partial charge in [0.2, 0.25) is 0 Å².